The summed E-state index contributed by atoms with van der Waals surface area (Å²) in [6, 6.07) is 2.71. The van der Waals surface area contributed by atoms with Crippen LogP contribution in [0.25, 0.3) is 0 Å². The molecule has 0 aliphatic carbocycles. The predicted molar refractivity (Wildman–Crippen MR) is 67.2 cm³/mol. The fourth-order valence-corrected chi connectivity index (χ4v) is 1.42. The van der Waals surface area contributed by atoms with Crippen molar-refractivity contribution in [3.8, 4) is 0 Å². The SMILES string of the molecule is CC(C)(C)OC(=O)Nc1cc(C(F)(F)F)ccc1CO. The third-order valence-corrected chi connectivity index (χ3v) is 2.24. The molecule has 1 aromatic carbocycles. The molecule has 0 unspecified atom stereocenters. The zero-order chi connectivity index (χ0) is 15.6. The van der Waals surface area contributed by atoms with Crippen molar-refractivity contribution >= 4 is 11.8 Å². The molecular weight excluding hydrogens is 275 g/mol. The number of rotatable bonds is 2. The van der Waals surface area contributed by atoms with Gasteiger partial charge in [-0.1, -0.05) is 6.07 Å². The summed E-state index contributed by atoms with van der Waals surface area (Å²) in [7, 11) is 0. The van der Waals surface area contributed by atoms with E-state index in [1.165, 1.54) is 0 Å². The Bertz CT molecular complexity index is 493. The van der Waals surface area contributed by atoms with Crippen molar-refractivity contribution in [2.45, 2.75) is 39.2 Å². The van der Waals surface area contributed by atoms with E-state index in [0.29, 0.717) is 0 Å². The van der Waals surface area contributed by atoms with Crippen LogP contribution in [0.1, 0.15) is 31.9 Å². The lowest BCUT2D eigenvalue weighted by Gasteiger charge is -2.20. The number of ether oxygens (including phenoxy) is 1. The maximum absolute atomic E-state index is 12.6. The summed E-state index contributed by atoms with van der Waals surface area (Å²) in [4.78, 5) is 11.6. The van der Waals surface area contributed by atoms with Crippen LogP contribution < -0.4 is 5.32 Å². The molecule has 0 radical (unpaired) electrons. The average molecular weight is 291 g/mol. The van der Waals surface area contributed by atoms with Crippen LogP contribution in [0.2, 0.25) is 0 Å². The number of nitrogens with one attached hydrogen (secondary N) is 1. The lowest BCUT2D eigenvalue weighted by Crippen LogP contribution is -2.27. The third kappa shape index (κ3) is 4.73. The van der Waals surface area contributed by atoms with Crippen molar-refractivity contribution in [3.05, 3.63) is 29.3 Å². The molecule has 1 rings (SSSR count). The van der Waals surface area contributed by atoms with Gasteiger partial charge in [0.15, 0.2) is 0 Å². The zero-order valence-electron chi connectivity index (χ0n) is 11.3. The second kappa shape index (κ2) is 5.70. The molecule has 112 valence electrons. The number of carbonyl (C=O) groups excluding carboxylic acids is 1. The van der Waals surface area contributed by atoms with Crippen molar-refractivity contribution in [3.63, 3.8) is 0 Å². The Morgan fingerprint density at radius 3 is 2.35 bits per heavy atom. The number of alkyl halides is 3. The second-order valence-corrected chi connectivity index (χ2v) is 5.15. The van der Waals surface area contributed by atoms with Crippen molar-refractivity contribution in [2.75, 3.05) is 5.32 Å². The quantitative estimate of drug-likeness (QED) is 0.876. The first-order chi connectivity index (χ1) is 9.03. The van der Waals surface area contributed by atoms with E-state index in [-0.39, 0.29) is 11.3 Å². The van der Waals surface area contributed by atoms with Crippen LogP contribution in [0, 0.1) is 0 Å². The van der Waals surface area contributed by atoms with E-state index < -0.39 is 30.0 Å². The van der Waals surface area contributed by atoms with Gasteiger partial charge in [-0.3, -0.25) is 5.32 Å². The Kier molecular flexibility index (Phi) is 4.65. The number of hydrogen-bond donors (Lipinski definition) is 2. The summed E-state index contributed by atoms with van der Waals surface area (Å²) in [5, 5.41) is 11.3. The van der Waals surface area contributed by atoms with Gasteiger partial charge in [-0.25, -0.2) is 4.79 Å². The Labute approximate surface area is 114 Å². The molecule has 0 bridgehead atoms. The van der Waals surface area contributed by atoms with Crippen LogP contribution in [0.3, 0.4) is 0 Å². The molecule has 0 atom stereocenters. The zero-order valence-corrected chi connectivity index (χ0v) is 11.3. The van der Waals surface area contributed by atoms with E-state index in [2.05, 4.69) is 5.32 Å². The maximum atomic E-state index is 12.6. The largest absolute Gasteiger partial charge is 0.444 e. The molecule has 0 fully saturated rings. The molecule has 0 heterocycles. The number of aliphatic hydroxyl groups is 1. The lowest BCUT2D eigenvalue weighted by atomic mass is 10.1. The minimum absolute atomic E-state index is 0.128. The minimum Gasteiger partial charge on any atom is -0.444 e. The highest BCUT2D eigenvalue weighted by Gasteiger charge is 2.31. The summed E-state index contributed by atoms with van der Waals surface area (Å²) in [6.45, 7) is 4.40. The molecule has 1 aromatic rings. The number of anilines is 1. The van der Waals surface area contributed by atoms with Gasteiger partial charge in [0.05, 0.1) is 17.9 Å². The topological polar surface area (TPSA) is 58.6 Å². The summed E-state index contributed by atoms with van der Waals surface area (Å²) in [5.41, 5.74) is -1.65. The van der Waals surface area contributed by atoms with E-state index in [4.69, 9.17) is 9.84 Å². The van der Waals surface area contributed by atoms with Crippen molar-refractivity contribution in [1.82, 2.24) is 0 Å². The van der Waals surface area contributed by atoms with Gasteiger partial charge < -0.3 is 9.84 Å². The average Bonchev–Trinajstić information content (AvgIpc) is 2.24. The van der Waals surface area contributed by atoms with Crippen molar-refractivity contribution in [2.24, 2.45) is 0 Å². The molecular formula is C13H16F3NO3. The Morgan fingerprint density at radius 2 is 1.90 bits per heavy atom. The fourth-order valence-electron chi connectivity index (χ4n) is 1.42. The van der Waals surface area contributed by atoms with Crippen LogP contribution in [-0.4, -0.2) is 16.8 Å². The molecule has 1 amide bonds. The Morgan fingerprint density at radius 1 is 1.30 bits per heavy atom. The van der Waals surface area contributed by atoms with Crippen molar-refractivity contribution < 1.29 is 27.8 Å². The molecule has 7 heteroatoms. The number of hydrogen-bond acceptors (Lipinski definition) is 3. The van der Waals surface area contributed by atoms with Crippen molar-refractivity contribution in [1.29, 1.82) is 0 Å². The van der Waals surface area contributed by atoms with Gasteiger partial charge in [0.2, 0.25) is 0 Å². The number of aliphatic hydroxyl groups excluding tert-OH is 1. The molecule has 0 saturated heterocycles. The van der Waals surface area contributed by atoms with Gasteiger partial charge >= 0.3 is 12.3 Å². The maximum Gasteiger partial charge on any atom is 0.416 e. The molecule has 0 spiro atoms. The van der Waals surface area contributed by atoms with Gasteiger partial charge in [-0.2, -0.15) is 13.2 Å². The van der Waals surface area contributed by atoms with Crippen LogP contribution >= 0.6 is 0 Å². The molecule has 2 N–H and O–H groups in total. The van der Waals surface area contributed by atoms with E-state index in [1.54, 1.807) is 20.8 Å². The minimum atomic E-state index is -4.53. The van der Waals surface area contributed by atoms with Gasteiger partial charge in [0.1, 0.15) is 5.60 Å². The number of halogens is 3. The van der Waals surface area contributed by atoms with Crippen LogP contribution in [0.4, 0.5) is 23.7 Å². The van der Waals surface area contributed by atoms with E-state index >= 15 is 0 Å². The first-order valence-electron chi connectivity index (χ1n) is 5.84. The summed E-state index contributed by atoms with van der Waals surface area (Å²) in [5.74, 6) is 0. The third-order valence-electron chi connectivity index (χ3n) is 2.24. The first-order valence-corrected chi connectivity index (χ1v) is 5.84. The Balaban J connectivity index is 3.00. The fraction of sp³-hybridized carbons (Fsp3) is 0.462. The van der Waals surface area contributed by atoms with Gasteiger partial charge in [0, 0.05) is 5.56 Å². The smallest absolute Gasteiger partial charge is 0.416 e. The molecule has 20 heavy (non-hydrogen) atoms. The molecule has 0 aliphatic rings. The highest BCUT2D eigenvalue weighted by molar-refractivity contribution is 5.86. The van der Waals surface area contributed by atoms with Crippen LogP contribution in [0.15, 0.2) is 18.2 Å². The van der Waals surface area contributed by atoms with E-state index in [9.17, 15) is 18.0 Å². The highest BCUT2D eigenvalue weighted by atomic mass is 19.4. The van der Waals surface area contributed by atoms with Crippen LogP contribution in [-0.2, 0) is 17.5 Å². The molecule has 0 saturated carbocycles. The lowest BCUT2D eigenvalue weighted by molar-refractivity contribution is -0.137. The van der Waals surface area contributed by atoms with Gasteiger partial charge in [-0.15, -0.1) is 0 Å². The van der Waals surface area contributed by atoms with Gasteiger partial charge in [-0.05, 0) is 32.9 Å². The summed E-state index contributed by atoms with van der Waals surface area (Å²) >= 11 is 0. The number of amides is 1. The normalized spacial score (nSPS) is 12.2. The molecule has 4 nitrogen and oxygen atoms in total. The predicted octanol–water partition coefficient (Wildman–Crippen LogP) is 3.54. The van der Waals surface area contributed by atoms with Gasteiger partial charge in [0.25, 0.3) is 0 Å². The molecule has 0 aliphatic heterocycles. The van der Waals surface area contributed by atoms with E-state index in [0.717, 1.165) is 18.2 Å². The highest BCUT2D eigenvalue weighted by Crippen LogP contribution is 2.32. The summed E-state index contributed by atoms with van der Waals surface area (Å²) < 4.78 is 42.8. The van der Waals surface area contributed by atoms with E-state index in [1.807, 2.05) is 0 Å². The first kappa shape index (κ1) is 16.3. The van der Waals surface area contributed by atoms with Crippen LogP contribution in [0.5, 0.6) is 0 Å². The second-order valence-electron chi connectivity index (χ2n) is 5.15. The summed E-state index contributed by atoms with van der Waals surface area (Å²) in [6.07, 6.45) is -5.41. The standard InChI is InChI=1S/C13H16F3NO3/c1-12(2,3)20-11(19)17-10-6-9(13(14,15)16)5-4-8(10)7-18/h4-6,18H,7H2,1-3H3,(H,17,19). The Hall–Kier alpha value is -1.76. The number of carbonyl (C=O) groups is 1. The molecule has 0 aromatic heterocycles. The number of benzene rings is 1. The monoisotopic (exact) mass is 291 g/mol.